The molecule has 1 aliphatic rings. The van der Waals surface area contributed by atoms with E-state index in [0.29, 0.717) is 36.2 Å². The summed E-state index contributed by atoms with van der Waals surface area (Å²) in [6.07, 6.45) is 4.92. The van der Waals surface area contributed by atoms with E-state index in [1.165, 1.54) is 11.8 Å². The van der Waals surface area contributed by atoms with Crippen LogP contribution >= 0.6 is 11.8 Å². The van der Waals surface area contributed by atoms with Crippen LogP contribution in [0.4, 0.5) is 11.4 Å². The maximum atomic E-state index is 12.8. The summed E-state index contributed by atoms with van der Waals surface area (Å²) in [5, 5.41) is 14.7. The van der Waals surface area contributed by atoms with Crippen LogP contribution in [0.2, 0.25) is 0 Å². The Labute approximate surface area is 202 Å². The first-order valence-electron chi connectivity index (χ1n) is 10.9. The summed E-state index contributed by atoms with van der Waals surface area (Å²) in [6, 6.07) is 13.5. The van der Waals surface area contributed by atoms with Crippen LogP contribution in [0, 0.1) is 11.8 Å². The lowest BCUT2D eigenvalue weighted by Gasteiger charge is -2.24. The Bertz CT molecular complexity index is 1100. The molecule has 3 rings (SSSR count). The van der Waals surface area contributed by atoms with Crippen LogP contribution in [0.5, 0.6) is 0 Å². The summed E-state index contributed by atoms with van der Waals surface area (Å²) in [5.74, 6) is -3.41. The summed E-state index contributed by atoms with van der Waals surface area (Å²) in [7, 11) is 0. The van der Waals surface area contributed by atoms with Crippen molar-refractivity contribution in [3.63, 3.8) is 0 Å². The lowest BCUT2D eigenvalue weighted by atomic mass is 9.82. The van der Waals surface area contributed by atoms with Gasteiger partial charge < -0.3 is 21.5 Å². The zero-order valence-electron chi connectivity index (χ0n) is 18.7. The zero-order valence-corrected chi connectivity index (χ0v) is 19.5. The molecular weight excluding hydrogens is 454 g/mol. The minimum Gasteiger partial charge on any atom is -0.481 e. The number of anilines is 2. The second-order valence-corrected chi connectivity index (χ2v) is 9.23. The Hall–Kier alpha value is -3.59. The molecule has 0 aromatic heterocycles. The number of primary amides is 1. The van der Waals surface area contributed by atoms with Crippen LogP contribution in [0.15, 0.2) is 65.6 Å². The molecule has 0 saturated carbocycles. The van der Waals surface area contributed by atoms with E-state index in [0.717, 1.165) is 4.90 Å². The highest BCUT2D eigenvalue weighted by Crippen LogP contribution is 2.30. The van der Waals surface area contributed by atoms with E-state index < -0.39 is 23.7 Å². The lowest BCUT2D eigenvalue weighted by Crippen LogP contribution is -2.34. The first kappa shape index (κ1) is 25.0. The van der Waals surface area contributed by atoms with E-state index >= 15 is 0 Å². The van der Waals surface area contributed by atoms with Gasteiger partial charge in [-0.15, -0.1) is 11.8 Å². The average molecular weight is 482 g/mol. The molecule has 0 radical (unpaired) electrons. The topological polar surface area (TPSA) is 139 Å². The number of carbonyl (C=O) groups is 4. The van der Waals surface area contributed by atoms with Gasteiger partial charge in [-0.3, -0.25) is 19.2 Å². The molecule has 0 aliphatic heterocycles. The van der Waals surface area contributed by atoms with Crippen LogP contribution in [0.1, 0.15) is 36.5 Å². The Kier molecular flexibility index (Phi) is 8.48. The van der Waals surface area contributed by atoms with Gasteiger partial charge in [0.25, 0.3) is 0 Å². The van der Waals surface area contributed by atoms with Crippen LogP contribution in [-0.2, 0) is 14.4 Å². The number of thioether (sulfide) groups is 1. The van der Waals surface area contributed by atoms with E-state index in [1.54, 1.807) is 48.5 Å². The number of rotatable bonds is 9. The van der Waals surface area contributed by atoms with Gasteiger partial charge in [0.1, 0.15) is 0 Å². The first-order chi connectivity index (χ1) is 16.3. The van der Waals surface area contributed by atoms with Crippen molar-refractivity contribution in [1.29, 1.82) is 0 Å². The van der Waals surface area contributed by atoms with Crippen LogP contribution in [-0.4, -0.2) is 34.0 Å². The van der Waals surface area contributed by atoms with Crippen molar-refractivity contribution in [1.82, 2.24) is 0 Å². The molecule has 9 heteroatoms. The monoisotopic (exact) mass is 481 g/mol. The van der Waals surface area contributed by atoms with Crippen molar-refractivity contribution in [3.05, 3.63) is 66.2 Å². The number of carboxylic acid groups (broad SMARTS) is 1. The zero-order chi connectivity index (χ0) is 24.7. The van der Waals surface area contributed by atoms with Gasteiger partial charge >= 0.3 is 5.97 Å². The second kappa shape index (κ2) is 11.5. The van der Waals surface area contributed by atoms with E-state index in [9.17, 15) is 24.3 Å². The fraction of sp³-hybridized carbons (Fsp3) is 0.280. The number of benzene rings is 2. The molecule has 8 nitrogen and oxygen atoms in total. The van der Waals surface area contributed by atoms with Crippen LogP contribution in [0.25, 0.3) is 0 Å². The van der Waals surface area contributed by atoms with Crippen molar-refractivity contribution in [2.24, 2.45) is 17.6 Å². The predicted octanol–water partition coefficient (Wildman–Crippen LogP) is 3.90. The van der Waals surface area contributed by atoms with E-state index in [2.05, 4.69) is 10.6 Å². The van der Waals surface area contributed by atoms with E-state index in [4.69, 9.17) is 5.73 Å². The molecule has 34 heavy (non-hydrogen) atoms. The lowest BCUT2D eigenvalue weighted by molar-refractivity contribution is -0.146. The molecule has 3 unspecified atom stereocenters. The number of aliphatic carboxylic acids is 1. The minimum atomic E-state index is -0.977. The summed E-state index contributed by atoms with van der Waals surface area (Å²) < 4.78 is 0. The van der Waals surface area contributed by atoms with Gasteiger partial charge in [0, 0.05) is 21.8 Å². The number of carboxylic acids is 1. The average Bonchev–Trinajstić information content (AvgIpc) is 2.83. The Morgan fingerprint density at radius 2 is 1.68 bits per heavy atom. The van der Waals surface area contributed by atoms with Gasteiger partial charge in [-0.05, 0) is 61.7 Å². The van der Waals surface area contributed by atoms with Gasteiger partial charge in [0.15, 0.2) is 0 Å². The molecule has 0 bridgehead atoms. The van der Waals surface area contributed by atoms with E-state index in [-0.39, 0.29) is 17.1 Å². The second-order valence-electron chi connectivity index (χ2n) is 7.96. The molecule has 3 atom stereocenters. The van der Waals surface area contributed by atoms with Crippen LogP contribution < -0.4 is 16.4 Å². The molecule has 2 aromatic rings. The van der Waals surface area contributed by atoms with Crippen molar-refractivity contribution >= 4 is 46.8 Å². The minimum absolute atomic E-state index is 0.188. The summed E-state index contributed by atoms with van der Waals surface area (Å²) in [5.41, 5.74) is 6.71. The molecular formula is C25H27N3O5S. The quantitative estimate of drug-likeness (QED) is 0.316. The van der Waals surface area contributed by atoms with Gasteiger partial charge in [-0.2, -0.15) is 0 Å². The van der Waals surface area contributed by atoms with Crippen molar-refractivity contribution in [3.8, 4) is 0 Å². The Balaban J connectivity index is 1.64. The number of allylic oxidation sites excluding steroid dienone is 2. The summed E-state index contributed by atoms with van der Waals surface area (Å²) in [4.78, 5) is 49.0. The van der Waals surface area contributed by atoms with Crippen molar-refractivity contribution < 1.29 is 24.3 Å². The molecule has 5 N–H and O–H groups in total. The van der Waals surface area contributed by atoms with Crippen LogP contribution in [0.3, 0.4) is 0 Å². The third kappa shape index (κ3) is 6.48. The third-order valence-corrected chi connectivity index (χ3v) is 6.92. The van der Waals surface area contributed by atoms with Gasteiger partial charge in [-0.1, -0.05) is 25.1 Å². The maximum Gasteiger partial charge on any atom is 0.307 e. The Morgan fingerprint density at radius 1 is 1.00 bits per heavy atom. The standard InChI is InChI=1S/C25H27N3O5S/c1-2-21(24(31)27-16-12-10-15(11-13-16)22(26)29)34-18-7-5-6-17(14-18)28-23(30)19-8-3-4-9-20(19)25(32)33/h3-7,10-14,19-21H,2,8-9H2,1H3,(H2,26,29)(H,27,31)(H,28,30)(H,32,33). The normalized spacial score (nSPS) is 18.0. The highest BCUT2D eigenvalue weighted by Gasteiger charge is 2.34. The molecule has 178 valence electrons. The van der Waals surface area contributed by atoms with Crippen molar-refractivity contribution in [2.45, 2.75) is 36.3 Å². The summed E-state index contributed by atoms with van der Waals surface area (Å²) >= 11 is 1.36. The van der Waals surface area contributed by atoms with Gasteiger partial charge in [0.05, 0.1) is 17.1 Å². The fourth-order valence-corrected chi connectivity index (χ4v) is 4.70. The smallest absolute Gasteiger partial charge is 0.307 e. The van der Waals surface area contributed by atoms with Gasteiger partial charge in [0.2, 0.25) is 17.7 Å². The number of nitrogens with one attached hydrogen (secondary N) is 2. The highest BCUT2D eigenvalue weighted by atomic mass is 32.2. The fourth-order valence-electron chi connectivity index (χ4n) is 3.69. The van der Waals surface area contributed by atoms with Gasteiger partial charge in [-0.25, -0.2) is 0 Å². The highest BCUT2D eigenvalue weighted by molar-refractivity contribution is 8.00. The van der Waals surface area contributed by atoms with E-state index in [1.807, 2.05) is 19.1 Å². The molecule has 0 heterocycles. The maximum absolute atomic E-state index is 12.8. The summed E-state index contributed by atoms with van der Waals surface area (Å²) in [6.45, 7) is 1.90. The van der Waals surface area contributed by atoms with Crippen molar-refractivity contribution in [2.75, 3.05) is 10.6 Å². The number of hydrogen-bond acceptors (Lipinski definition) is 5. The molecule has 0 saturated heterocycles. The number of carbonyl (C=O) groups excluding carboxylic acids is 3. The SMILES string of the molecule is CCC(Sc1cccc(NC(=O)C2CC=CCC2C(=O)O)c1)C(=O)Nc1ccc(C(N)=O)cc1. The number of nitrogens with two attached hydrogens (primary N) is 1. The number of amides is 3. The number of hydrogen-bond donors (Lipinski definition) is 4. The Morgan fingerprint density at radius 3 is 2.29 bits per heavy atom. The largest absolute Gasteiger partial charge is 0.481 e. The molecule has 1 aliphatic carbocycles. The molecule has 3 amide bonds. The third-order valence-electron chi connectivity index (χ3n) is 5.57. The molecule has 0 fully saturated rings. The first-order valence-corrected chi connectivity index (χ1v) is 11.8. The molecule has 0 spiro atoms. The molecule has 2 aromatic carbocycles. The predicted molar refractivity (Wildman–Crippen MR) is 132 cm³/mol.